The van der Waals surface area contributed by atoms with E-state index < -0.39 is 0 Å². The summed E-state index contributed by atoms with van der Waals surface area (Å²) < 4.78 is 5.51. The molecule has 1 N–H and O–H groups in total. The molecule has 0 amide bonds. The van der Waals surface area contributed by atoms with Crippen molar-refractivity contribution in [1.82, 2.24) is 14.9 Å². The maximum absolute atomic E-state index is 5.51. The van der Waals surface area contributed by atoms with Crippen LogP contribution in [0.15, 0.2) is 12.4 Å². The van der Waals surface area contributed by atoms with Crippen LogP contribution in [-0.4, -0.2) is 47.2 Å². The van der Waals surface area contributed by atoms with Crippen LogP contribution in [0.5, 0.6) is 5.88 Å². The Labute approximate surface area is 115 Å². The third-order valence-corrected chi connectivity index (χ3v) is 3.52. The first-order valence-electron chi connectivity index (χ1n) is 7.26. The van der Waals surface area contributed by atoms with Crippen molar-refractivity contribution >= 4 is 5.82 Å². The van der Waals surface area contributed by atoms with Crippen molar-refractivity contribution in [2.75, 3.05) is 31.6 Å². The Bertz CT molecular complexity index is 385. The van der Waals surface area contributed by atoms with E-state index in [2.05, 4.69) is 34.0 Å². The summed E-state index contributed by atoms with van der Waals surface area (Å²) in [6.07, 6.45) is 5.11. The molecule has 1 aromatic rings. The van der Waals surface area contributed by atoms with E-state index in [1.54, 1.807) is 6.33 Å². The third-order valence-electron chi connectivity index (χ3n) is 3.52. The number of anilines is 1. The van der Waals surface area contributed by atoms with Gasteiger partial charge in [0.05, 0.1) is 6.61 Å². The molecule has 0 saturated carbocycles. The highest BCUT2D eigenvalue weighted by Crippen LogP contribution is 2.18. The number of likely N-dealkylation sites (tertiary alicyclic amines) is 1. The number of nitrogens with one attached hydrogen (secondary N) is 1. The zero-order valence-corrected chi connectivity index (χ0v) is 11.9. The molecule has 1 aromatic heterocycles. The Morgan fingerprint density at radius 3 is 3.11 bits per heavy atom. The highest BCUT2D eigenvalue weighted by Gasteiger charge is 2.22. The van der Waals surface area contributed by atoms with Crippen molar-refractivity contribution in [3.63, 3.8) is 0 Å². The third kappa shape index (κ3) is 4.06. The monoisotopic (exact) mass is 264 g/mol. The van der Waals surface area contributed by atoms with Gasteiger partial charge in [0, 0.05) is 18.7 Å². The molecule has 2 heterocycles. The summed E-state index contributed by atoms with van der Waals surface area (Å²) in [4.78, 5) is 10.9. The van der Waals surface area contributed by atoms with Gasteiger partial charge in [0.15, 0.2) is 0 Å². The highest BCUT2D eigenvalue weighted by molar-refractivity contribution is 5.37. The number of aromatic nitrogens is 2. The van der Waals surface area contributed by atoms with Gasteiger partial charge in [0.25, 0.3) is 0 Å². The van der Waals surface area contributed by atoms with Crippen molar-refractivity contribution in [3.05, 3.63) is 12.4 Å². The van der Waals surface area contributed by atoms with Gasteiger partial charge in [-0.25, -0.2) is 9.97 Å². The summed E-state index contributed by atoms with van der Waals surface area (Å²) in [5.74, 6) is 1.50. The zero-order chi connectivity index (χ0) is 13.5. The predicted molar refractivity (Wildman–Crippen MR) is 76.6 cm³/mol. The molecule has 5 heteroatoms. The lowest BCUT2D eigenvalue weighted by Gasteiger charge is -2.23. The Hall–Kier alpha value is -1.36. The smallest absolute Gasteiger partial charge is 0.218 e. The summed E-state index contributed by atoms with van der Waals surface area (Å²) in [5.41, 5.74) is 0. The standard InChI is InChI=1S/C14H24N4O/c1-3-8-19-14-9-13(16-11-17-14)15-10-12-6-5-7-18(12)4-2/h9,11-12H,3-8,10H2,1-2H3,(H,15,16,17). The fourth-order valence-electron chi connectivity index (χ4n) is 2.49. The van der Waals surface area contributed by atoms with Crippen molar-refractivity contribution in [3.8, 4) is 5.88 Å². The maximum Gasteiger partial charge on any atom is 0.218 e. The van der Waals surface area contributed by atoms with E-state index >= 15 is 0 Å². The molecule has 1 fully saturated rings. The van der Waals surface area contributed by atoms with E-state index in [0.717, 1.165) is 25.3 Å². The van der Waals surface area contributed by atoms with Crippen LogP contribution in [0.1, 0.15) is 33.1 Å². The summed E-state index contributed by atoms with van der Waals surface area (Å²) in [6.45, 7) is 8.29. The van der Waals surface area contributed by atoms with Crippen LogP contribution < -0.4 is 10.1 Å². The fourth-order valence-corrected chi connectivity index (χ4v) is 2.49. The molecule has 1 aliphatic rings. The second-order valence-electron chi connectivity index (χ2n) is 4.90. The molecule has 0 radical (unpaired) electrons. The van der Waals surface area contributed by atoms with Crippen LogP contribution in [0.25, 0.3) is 0 Å². The topological polar surface area (TPSA) is 50.3 Å². The van der Waals surface area contributed by atoms with Gasteiger partial charge in [-0.05, 0) is 32.4 Å². The van der Waals surface area contributed by atoms with Crippen LogP contribution >= 0.6 is 0 Å². The normalized spacial score (nSPS) is 19.6. The molecule has 1 saturated heterocycles. The van der Waals surface area contributed by atoms with Crippen molar-refractivity contribution in [2.24, 2.45) is 0 Å². The van der Waals surface area contributed by atoms with E-state index in [4.69, 9.17) is 4.74 Å². The Morgan fingerprint density at radius 2 is 2.32 bits per heavy atom. The first-order valence-corrected chi connectivity index (χ1v) is 7.26. The zero-order valence-electron chi connectivity index (χ0n) is 11.9. The minimum atomic E-state index is 0.625. The Morgan fingerprint density at radius 1 is 1.42 bits per heavy atom. The lowest BCUT2D eigenvalue weighted by molar-refractivity contribution is 0.276. The van der Waals surface area contributed by atoms with Gasteiger partial charge in [-0.2, -0.15) is 0 Å². The first kappa shape index (κ1) is 14.1. The molecule has 1 atom stereocenters. The molecule has 2 rings (SSSR count). The fraction of sp³-hybridized carbons (Fsp3) is 0.714. The second-order valence-corrected chi connectivity index (χ2v) is 4.90. The minimum absolute atomic E-state index is 0.625. The van der Waals surface area contributed by atoms with E-state index in [0.29, 0.717) is 18.5 Å². The molecule has 0 spiro atoms. The van der Waals surface area contributed by atoms with Gasteiger partial charge < -0.3 is 10.1 Å². The second kappa shape index (κ2) is 7.28. The highest BCUT2D eigenvalue weighted by atomic mass is 16.5. The Balaban J connectivity index is 1.85. The summed E-state index contributed by atoms with van der Waals surface area (Å²) >= 11 is 0. The van der Waals surface area contributed by atoms with Gasteiger partial charge in [-0.1, -0.05) is 13.8 Å². The molecule has 1 aliphatic heterocycles. The van der Waals surface area contributed by atoms with Crippen LogP contribution in [0.2, 0.25) is 0 Å². The molecule has 0 aromatic carbocycles. The van der Waals surface area contributed by atoms with Gasteiger partial charge >= 0.3 is 0 Å². The molecular formula is C14H24N4O. The largest absolute Gasteiger partial charge is 0.478 e. The predicted octanol–water partition coefficient (Wildman–Crippen LogP) is 2.16. The number of ether oxygens (including phenoxy) is 1. The SMILES string of the molecule is CCCOc1cc(NCC2CCCN2CC)ncn1. The van der Waals surface area contributed by atoms with Gasteiger partial charge in [0.2, 0.25) is 5.88 Å². The molecular weight excluding hydrogens is 240 g/mol. The van der Waals surface area contributed by atoms with Crippen molar-refractivity contribution < 1.29 is 4.74 Å². The first-order chi connectivity index (χ1) is 9.33. The number of hydrogen-bond acceptors (Lipinski definition) is 5. The molecule has 1 unspecified atom stereocenters. The van der Waals surface area contributed by atoms with Gasteiger partial charge in [-0.15, -0.1) is 0 Å². The average Bonchev–Trinajstić information content (AvgIpc) is 2.91. The molecule has 0 aliphatic carbocycles. The van der Waals surface area contributed by atoms with Gasteiger partial charge in [-0.3, -0.25) is 4.90 Å². The van der Waals surface area contributed by atoms with Crippen LogP contribution in [0.4, 0.5) is 5.82 Å². The van der Waals surface area contributed by atoms with Gasteiger partial charge in [0.1, 0.15) is 12.1 Å². The number of nitrogens with zero attached hydrogens (tertiary/aromatic N) is 3. The molecule has 106 valence electrons. The van der Waals surface area contributed by atoms with E-state index in [1.165, 1.54) is 19.4 Å². The van der Waals surface area contributed by atoms with Crippen molar-refractivity contribution in [1.29, 1.82) is 0 Å². The molecule has 19 heavy (non-hydrogen) atoms. The minimum Gasteiger partial charge on any atom is -0.478 e. The number of likely N-dealkylation sites (N-methyl/N-ethyl adjacent to an activating group) is 1. The Kier molecular flexibility index (Phi) is 5.39. The van der Waals surface area contributed by atoms with Crippen LogP contribution in [0, 0.1) is 0 Å². The maximum atomic E-state index is 5.51. The average molecular weight is 264 g/mol. The number of rotatable bonds is 7. The lowest BCUT2D eigenvalue weighted by Crippen LogP contribution is -2.34. The summed E-state index contributed by atoms with van der Waals surface area (Å²) in [7, 11) is 0. The molecule has 0 bridgehead atoms. The molecule has 5 nitrogen and oxygen atoms in total. The van der Waals surface area contributed by atoms with E-state index in [-0.39, 0.29) is 0 Å². The summed E-state index contributed by atoms with van der Waals surface area (Å²) in [5, 5.41) is 3.39. The lowest BCUT2D eigenvalue weighted by atomic mass is 10.2. The van der Waals surface area contributed by atoms with Crippen LogP contribution in [-0.2, 0) is 0 Å². The quantitative estimate of drug-likeness (QED) is 0.818. The van der Waals surface area contributed by atoms with E-state index in [1.807, 2.05) is 6.07 Å². The van der Waals surface area contributed by atoms with E-state index in [9.17, 15) is 0 Å². The van der Waals surface area contributed by atoms with Crippen LogP contribution in [0.3, 0.4) is 0 Å². The number of hydrogen-bond donors (Lipinski definition) is 1. The summed E-state index contributed by atoms with van der Waals surface area (Å²) in [6, 6.07) is 2.50. The van der Waals surface area contributed by atoms with Crippen molar-refractivity contribution in [2.45, 2.75) is 39.2 Å².